The minimum atomic E-state index is -3.53. The number of methoxy groups -OCH3 is 2. The van der Waals surface area contributed by atoms with Crippen molar-refractivity contribution in [2.24, 2.45) is 0 Å². The number of nitrogens with zero attached hydrogens (tertiary/aromatic N) is 1. The first-order chi connectivity index (χ1) is 12.3. The number of nitrogens with one attached hydrogen (secondary N) is 1. The van der Waals surface area contributed by atoms with Crippen molar-refractivity contribution in [1.29, 1.82) is 0 Å². The van der Waals surface area contributed by atoms with Crippen molar-refractivity contribution in [1.82, 2.24) is 10.2 Å². The Balaban J connectivity index is 0.00000364. The lowest BCUT2D eigenvalue weighted by molar-refractivity contribution is -0.135. The molecule has 0 unspecified atom stereocenters. The fourth-order valence-electron chi connectivity index (χ4n) is 3.39. The van der Waals surface area contributed by atoms with Crippen molar-refractivity contribution in [2.45, 2.75) is 31.1 Å². The summed E-state index contributed by atoms with van der Waals surface area (Å²) < 4.78 is 34.2. The van der Waals surface area contributed by atoms with Crippen LogP contribution in [0.3, 0.4) is 0 Å². The molecule has 9 heteroatoms. The third-order valence-corrected chi connectivity index (χ3v) is 7.00. The number of ether oxygens (including phenoxy) is 2. The normalized spacial score (nSPS) is 16.1. The van der Waals surface area contributed by atoms with Gasteiger partial charge in [0.05, 0.1) is 14.2 Å². The van der Waals surface area contributed by atoms with E-state index in [0.29, 0.717) is 50.5 Å². The monoisotopic (exact) mass is 420 g/mol. The minimum Gasteiger partial charge on any atom is -0.493 e. The van der Waals surface area contributed by atoms with E-state index in [9.17, 15) is 13.2 Å². The Morgan fingerprint density at radius 2 is 1.78 bits per heavy atom. The number of sulfone groups is 1. The van der Waals surface area contributed by atoms with Crippen LogP contribution >= 0.6 is 12.4 Å². The Labute approximate surface area is 167 Å². The Hall–Kier alpha value is -1.51. The van der Waals surface area contributed by atoms with Crippen LogP contribution in [0.15, 0.2) is 18.2 Å². The molecule has 1 amide bonds. The fraction of sp³-hybridized carbons (Fsp3) is 0.611. The third kappa shape index (κ3) is 4.86. The first-order valence-corrected chi connectivity index (χ1v) is 10.6. The average molecular weight is 421 g/mol. The number of rotatable bonds is 7. The highest BCUT2D eigenvalue weighted by Crippen LogP contribution is 2.32. The van der Waals surface area contributed by atoms with Crippen LogP contribution < -0.4 is 14.8 Å². The highest BCUT2D eigenvalue weighted by atomic mass is 35.5. The van der Waals surface area contributed by atoms with Crippen LogP contribution in [-0.4, -0.2) is 64.1 Å². The second kappa shape index (κ2) is 9.61. The maximum absolute atomic E-state index is 13.2. The van der Waals surface area contributed by atoms with Crippen LogP contribution in [0.1, 0.15) is 25.3 Å². The van der Waals surface area contributed by atoms with Gasteiger partial charge < -0.3 is 19.7 Å². The molecule has 0 saturated carbocycles. The van der Waals surface area contributed by atoms with E-state index in [-0.39, 0.29) is 18.3 Å². The quantitative estimate of drug-likeness (QED) is 0.721. The zero-order chi connectivity index (χ0) is 19.4. The second-order valence-corrected chi connectivity index (χ2v) is 8.85. The maximum atomic E-state index is 13.2. The van der Waals surface area contributed by atoms with E-state index in [4.69, 9.17) is 9.47 Å². The lowest BCUT2D eigenvalue weighted by Gasteiger charge is -2.38. The molecule has 1 aromatic rings. The van der Waals surface area contributed by atoms with Gasteiger partial charge in [-0.05, 0) is 50.6 Å². The van der Waals surface area contributed by atoms with Gasteiger partial charge in [-0.3, -0.25) is 4.79 Å². The lowest BCUT2D eigenvalue weighted by atomic mass is 9.95. The van der Waals surface area contributed by atoms with Crippen LogP contribution in [-0.2, 0) is 21.2 Å². The molecule has 2 rings (SSSR count). The van der Waals surface area contributed by atoms with Gasteiger partial charge in [-0.25, -0.2) is 8.42 Å². The molecular weight excluding hydrogens is 392 g/mol. The van der Waals surface area contributed by atoms with E-state index in [1.54, 1.807) is 25.2 Å². The largest absolute Gasteiger partial charge is 0.493 e. The molecule has 27 heavy (non-hydrogen) atoms. The number of carbonyl (C=O) groups excluding carboxylic acids is 1. The van der Waals surface area contributed by atoms with Gasteiger partial charge >= 0.3 is 0 Å². The van der Waals surface area contributed by atoms with Gasteiger partial charge in [0.15, 0.2) is 26.1 Å². The first-order valence-electron chi connectivity index (χ1n) is 8.69. The van der Waals surface area contributed by atoms with E-state index >= 15 is 0 Å². The van der Waals surface area contributed by atoms with Crippen molar-refractivity contribution in [3.05, 3.63) is 23.8 Å². The molecule has 0 spiro atoms. The second-order valence-electron chi connectivity index (χ2n) is 6.53. The Bertz CT molecular complexity index is 748. The molecule has 0 bridgehead atoms. The van der Waals surface area contributed by atoms with E-state index in [1.807, 2.05) is 19.1 Å². The molecular formula is C18H29ClN2O5S. The molecule has 1 aliphatic heterocycles. The van der Waals surface area contributed by atoms with Gasteiger partial charge in [0, 0.05) is 19.3 Å². The number of hydrogen-bond acceptors (Lipinski definition) is 6. The zero-order valence-electron chi connectivity index (χ0n) is 16.3. The van der Waals surface area contributed by atoms with Crippen molar-refractivity contribution in [2.75, 3.05) is 40.1 Å². The summed E-state index contributed by atoms with van der Waals surface area (Å²) in [7, 11) is -0.418. The summed E-state index contributed by atoms with van der Waals surface area (Å²) in [6.07, 6.45) is 1.76. The Kier molecular flexibility index (Phi) is 8.38. The molecule has 1 saturated heterocycles. The van der Waals surface area contributed by atoms with Crippen LogP contribution in [0.25, 0.3) is 0 Å². The number of halogens is 1. The van der Waals surface area contributed by atoms with Gasteiger partial charge in [0.1, 0.15) is 0 Å². The topological polar surface area (TPSA) is 84.9 Å². The predicted octanol–water partition coefficient (Wildman–Crippen LogP) is 1.64. The van der Waals surface area contributed by atoms with E-state index in [0.717, 1.165) is 5.56 Å². The Morgan fingerprint density at radius 1 is 1.19 bits per heavy atom. The lowest BCUT2D eigenvalue weighted by Crippen LogP contribution is -2.58. The molecule has 1 aromatic carbocycles. The third-order valence-electron chi connectivity index (χ3n) is 5.00. The van der Waals surface area contributed by atoms with E-state index in [1.165, 1.54) is 6.26 Å². The van der Waals surface area contributed by atoms with Crippen molar-refractivity contribution in [3.8, 4) is 11.5 Å². The summed E-state index contributed by atoms with van der Waals surface area (Å²) in [6.45, 7) is 3.65. The molecule has 0 aromatic heterocycles. The summed E-state index contributed by atoms with van der Waals surface area (Å²) in [4.78, 5) is 14.8. The van der Waals surface area contributed by atoms with Crippen LogP contribution in [0.4, 0.5) is 0 Å². The molecule has 1 N–H and O–H groups in total. The number of benzene rings is 1. The first kappa shape index (κ1) is 23.5. The predicted molar refractivity (Wildman–Crippen MR) is 108 cm³/mol. The molecule has 1 fully saturated rings. The standard InChI is InChI=1S/C18H28N2O5S.ClH/c1-5-20(13-14-6-7-15(24-2)16(12-14)25-3)17(21)18(26(4,22)23)8-10-19-11-9-18;/h6-7,12,19H,5,8-11,13H2,1-4H3;1H. The van der Waals surface area contributed by atoms with E-state index in [2.05, 4.69) is 5.32 Å². The number of piperidine rings is 1. The van der Waals surface area contributed by atoms with Crippen molar-refractivity contribution < 1.29 is 22.7 Å². The molecule has 154 valence electrons. The summed E-state index contributed by atoms with van der Waals surface area (Å²) in [6, 6.07) is 5.44. The molecule has 1 aliphatic rings. The maximum Gasteiger partial charge on any atom is 0.244 e. The zero-order valence-corrected chi connectivity index (χ0v) is 17.9. The van der Waals surface area contributed by atoms with Gasteiger partial charge in [0.25, 0.3) is 0 Å². The summed E-state index contributed by atoms with van der Waals surface area (Å²) in [5, 5.41) is 3.14. The average Bonchev–Trinajstić information content (AvgIpc) is 2.64. The van der Waals surface area contributed by atoms with Crippen LogP contribution in [0, 0.1) is 0 Å². The minimum absolute atomic E-state index is 0. The SMILES string of the molecule is CCN(Cc1ccc(OC)c(OC)c1)C(=O)C1(S(C)(=O)=O)CCNCC1.Cl. The molecule has 1 heterocycles. The fourth-order valence-corrected chi connectivity index (χ4v) is 4.78. The van der Waals surface area contributed by atoms with Crippen LogP contribution in [0.5, 0.6) is 11.5 Å². The Morgan fingerprint density at radius 3 is 2.26 bits per heavy atom. The van der Waals surface area contributed by atoms with Crippen molar-refractivity contribution >= 4 is 28.2 Å². The van der Waals surface area contributed by atoms with Gasteiger partial charge in [-0.15, -0.1) is 12.4 Å². The number of carbonyl (C=O) groups is 1. The highest BCUT2D eigenvalue weighted by molar-refractivity contribution is 7.92. The van der Waals surface area contributed by atoms with Crippen molar-refractivity contribution in [3.63, 3.8) is 0 Å². The number of amides is 1. The smallest absolute Gasteiger partial charge is 0.244 e. The van der Waals surface area contributed by atoms with Gasteiger partial charge in [0.2, 0.25) is 5.91 Å². The summed E-state index contributed by atoms with van der Waals surface area (Å²) in [5.41, 5.74) is 0.857. The highest BCUT2D eigenvalue weighted by Gasteiger charge is 2.50. The van der Waals surface area contributed by atoms with Gasteiger partial charge in [-0.1, -0.05) is 6.07 Å². The molecule has 0 aliphatic carbocycles. The summed E-state index contributed by atoms with van der Waals surface area (Å²) in [5.74, 6) is 0.864. The molecule has 7 nitrogen and oxygen atoms in total. The molecule has 0 radical (unpaired) electrons. The van der Waals surface area contributed by atoms with E-state index < -0.39 is 14.6 Å². The summed E-state index contributed by atoms with van der Waals surface area (Å²) >= 11 is 0. The molecule has 0 atom stereocenters. The van der Waals surface area contributed by atoms with Crippen LogP contribution in [0.2, 0.25) is 0 Å². The van der Waals surface area contributed by atoms with Gasteiger partial charge in [-0.2, -0.15) is 0 Å². The number of hydrogen-bond donors (Lipinski definition) is 1.